The number of aromatic carboxylic acids is 1. The van der Waals surface area contributed by atoms with Crippen LogP contribution in [0, 0.1) is 0 Å². The number of nitrogens with zero attached hydrogens (tertiary/aromatic N) is 2. The Morgan fingerprint density at radius 1 is 1.71 bits per heavy atom. The van der Waals surface area contributed by atoms with E-state index >= 15 is 0 Å². The molecule has 0 aliphatic heterocycles. The number of carbonyl (C=O) groups is 1. The topological polar surface area (TPSA) is 64.4 Å². The maximum absolute atomic E-state index is 11.0. The lowest BCUT2D eigenvalue weighted by molar-refractivity contribution is 0.0671. The van der Waals surface area contributed by atoms with E-state index in [0.717, 1.165) is 19.3 Å². The minimum Gasteiger partial charge on any atom is -0.493 e. The van der Waals surface area contributed by atoms with Crippen LogP contribution in [0.3, 0.4) is 0 Å². The molecule has 14 heavy (non-hydrogen) atoms. The van der Waals surface area contributed by atoms with Crippen molar-refractivity contribution in [1.82, 2.24) is 9.78 Å². The van der Waals surface area contributed by atoms with Gasteiger partial charge in [0.15, 0.2) is 11.4 Å². The lowest BCUT2D eigenvalue weighted by atomic mass is 9.93. The maximum atomic E-state index is 11.0. The van der Waals surface area contributed by atoms with Crippen molar-refractivity contribution >= 4 is 5.97 Å². The van der Waals surface area contributed by atoms with Crippen molar-refractivity contribution in [3.05, 3.63) is 11.9 Å². The van der Waals surface area contributed by atoms with E-state index < -0.39 is 5.97 Å². The van der Waals surface area contributed by atoms with E-state index in [1.165, 1.54) is 13.3 Å². The van der Waals surface area contributed by atoms with Crippen LogP contribution < -0.4 is 4.74 Å². The van der Waals surface area contributed by atoms with Gasteiger partial charge in [0.2, 0.25) is 0 Å². The lowest BCUT2D eigenvalue weighted by Crippen LogP contribution is -2.22. The fourth-order valence-corrected chi connectivity index (χ4v) is 1.61. The lowest BCUT2D eigenvalue weighted by Gasteiger charge is -2.26. The van der Waals surface area contributed by atoms with Crippen LogP contribution in [0.15, 0.2) is 6.20 Å². The summed E-state index contributed by atoms with van der Waals surface area (Å²) in [6, 6.07) is 0.241. The van der Waals surface area contributed by atoms with E-state index in [4.69, 9.17) is 9.84 Å². The number of methoxy groups -OCH3 is 1. The Bertz CT molecular complexity index is 355. The zero-order valence-electron chi connectivity index (χ0n) is 7.93. The molecule has 2 rings (SSSR count). The zero-order valence-corrected chi connectivity index (χ0v) is 7.93. The Kier molecular flexibility index (Phi) is 2.15. The number of hydrogen-bond acceptors (Lipinski definition) is 3. The summed E-state index contributed by atoms with van der Waals surface area (Å²) in [5, 5.41) is 13.0. The van der Waals surface area contributed by atoms with Crippen molar-refractivity contribution in [3.63, 3.8) is 0 Å². The Labute approximate surface area is 81.3 Å². The zero-order chi connectivity index (χ0) is 10.1. The minimum absolute atomic E-state index is 0.164. The third kappa shape index (κ3) is 1.25. The molecule has 1 aromatic rings. The number of rotatable bonds is 3. The summed E-state index contributed by atoms with van der Waals surface area (Å²) in [7, 11) is 1.45. The van der Waals surface area contributed by atoms with E-state index in [0.29, 0.717) is 5.75 Å². The molecule has 1 saturated carbocycles. The van der Waals surface area contributed by atoms with Crippen LogP contribution in [-0.4, -0.2) is 28.0 Å². The first kappa shape index (κ1) is 9.05. The van der Waals surface area contributed by atoms with Crippen LogP contribution in [0.25, 0.3) is 0 Å². The minimum atomic E-state index is -0.980. The van der Waals surface area contributed by atoms with Crippen LogP contribution in [0.5, 0.6) is 5.75 Å². The molecule has 1 fully saturated rings. The maximum Gasteiger partial charge on any atom is 0.358 e. The van der Waals surface area contributed by atoms with Crippen molar-refractivity contribution in [2.75, 3.05) is 7.11 Å². The molecule has 0 spiro atoms. The molecule has 0 amide bonds. The summed E-state index contributed by atoms with van der Waals surface area (Å²) in [6.07, 6.45) is 4.61. The van der Waals surface area contributed by atoms with Gasteiger partial charge in [0.05, 0.1) is 19.3 Å². The van der Waals surface area contributed by atoms with Gasteiger partial charge in [-0.1, -0.05) is 0 Å². The van der Waals surface area contributed by atoms with E-state index in [1.807, 2.05) is 0 Å². The number of carboxylic acids is 1. The summed E-state index contributed by atoms with van der Waals surface area (Å²) in [4.78, 5) is 11.0. The van der Waals surface area contributed by atoms with Gasteiger partial charge in [0.1, 0.15) is 0 Å². The van der Waals surface area contributed by atoms with Crippen LogP contribution in [-0.2, 0) is 0 Å². The van der Waals surface area contributed by atoms with Crippen molar-refractivity contribution in [3.8, 4) is 5.75 Å². The highest BCUT2D eigenvalue weighted by atomic mass is 16.5. The molecule has 0 saturated heterocycles. The van der Waals surface area contributed by atoms with Gasteiger partial charge in [-0.3, -0.25) is 4.68 Å². The molecule has 1 heterocycles. The van der Waals surface area contributed by atoms with Gasteiger partial charge in [-0.2, -0.15) is 5.10 Å². The predicted molar refractivity (Wildman–Crippen MR) is 48.6 cm³/mol. The van der Waals surface area contributed by atoms with Crippen LogP contribution in [0.1, 0.15) is 35.8 Å². The van der Waals surface area contributed by atoms with Gasteiger partial charge in [-0.25, -0.2) is 4.79 Å². The van der Waals surface area contributed by atoms with Gasteiger partial charge >= 0.3 is 5.97 Å². The molecule has 0 radical (unpaired) electrons. The average molecular weight is 196 g/mol. The monoisotopic (exact) mass is 196 g/mol. The average Bonchev–Trinajstić information content (AvgIpc) is 2.44. The SMILES string of the molecule is COc1cnn(C2CCC2)c1C(=O)O. The second-order valence-corrected chi connectivity index (χ2v) is 3.40. The highest BCUT2D eigenvalue weighted by molar-refractivity contribution is 5.88. The fourth-order valence-electron chi connectivity index (χ4n) is 1.61. The van der Waals surface area contributed by atoms with E-state index in [1.54, 1.807) is 4.68 Å². The van der Waals surface area contributed by atoms with Gasteiger partial charge in [-0.05, 0) is 19.3 Å². The van der Waals surface area contributed by atoms with E-state index in [2.05, 4.69) is 5.10 Å². The molecule has 0 bridgehead atoms. The Morgan fingerprint density at radius 3 is 2.86 bits per heavy atom. The molecule has 1 aromatic heterocycles. The molecule has 0 aromatic carbocycles. The molecule has 1 aliphatic carbocycles. The largest absolute Gasteiger partial charge is 0.493 e. The highest BCUT2D eigenvalue weighted by Gasteiger charge is 2.27. The van der Waals surface area contributed by atoms with Gasteiger partial charge in [0.25, 0.3) is 0 Å². The van der Waals surface area contributed by atoms with E-state index in [-0.39, 0.29) is 11.7 Å². The summed E-state index contributed by atoms with van der Waals surface area (Å²) in [6.45, 7) is 0. The fraction of sp³-hybridized carbons (Fsp3) is 0.556. The number of hydrogen-bond donors (Lipinski definition) is 1. The summed E-state index contributed by atoms with van der Waals surface area (Å²) in [5.74, 6) is -0.643. The summed E-state index contributed by atoms with van der Waals surface area (Å²) in [5.41, 5.74) is 0.164. The van der Waals surface area contributed by atoms with Crippen molar-refractivity contribution in [2.24, 2.45) is 0 Å². The highest BCUT2D eigenvalue weighted by Crippen LogP contribution is 2.34. The third-order valence-electron chi connectivity index (χ3n) is 2.60. The van der Waals surface area contributed by atoms with Gasteiger partial charge in [-0.15, -0.1) is 0 Å². The van der Waals surface area contributed by atoms with Crippen LogP contribution in [0.2, 0.25) is 0 Å². The van der Waals surface area contributed by atoms with Gasteiger partial charge in [0, 0.05) is 0 Å². The molecule has 0 unspecified atom stereocenters. The smallest absolute Gasteiger partial charge is 0.358 e. The Morgan fingerprint density at radius 2 is 2.43 bits per heavy atom. The van der Waals surface area contributed by atoms with E-state index in [9.17, 15) is 4.79 Å². The molecule has 5 heteroatoms. The number of ether oxygens (including phenoxy) is 1. The molecular weight excluding hydrogens is 184 g/mol. The standard InChI is InChI=1S/C9H12N2O3/c1-14-7-5-10-11(6-3-2-4-6)8(7)9(12)13/h5-6H,2-4H2,1H3,(H,12,13). The molecule has 76 valence electrons. The normalized spacial score (nSPS) is 16.4. The third-order valence-corrected chi connectivity index (χ3v) is 2.60. The molecule has 0 atom stereocenters. The number of aromatic nitrogens is 2. The summed E-state index contributed by atoms with van der Waals surface area (Å²) < 4.78 is 6.50. The molecule has 5 nitrogen and oxygen atoms in total. The predicted octanol–water partition coefficient (Wildman–Crippen LogP) is 1.31. The first-order valence-corrected chi connectivity index (χ1v) is 4.59. The molecule has 1 N–H and O–H groups in total. The molecular formula is C9H12N2O3. The Hall–Kier alpha value is -1.52. The Balaban J connectivity index is 2.38. The second-order valence-electron chi connectivity index (χ2n) is 3.40. The van der Waals surface area contributed by atoms with Crippen molar-refractivity contribution in [2.45, 2.75) is 25.3 Å². The second kappa shape index (κ2) is 3.32. The van der Waals surface area contributed by atoms with Crippen LogP contribution in [0.4, 0.5) is 0 Å². The quantitative estimate of drug-likeness (QED) is 0.791. The first-order valence-electron chi connectivity index (χ1n) is 4.59. The summed E-state index contributed by atoms with van der Waals surface area (Å²) >= 11 is 0. The number of carboxylic acid groups (broad SMARTS) is 1. The van der Waals surface area contributed by atoms with Crippen molar-refractivity contribution < 1.29 is 14.6 Å². The van der Waals surface area contributed by atoms with Gasteiger partial charge < -0.3 is 9.84 Å². The van der Waals surface area contributed by atoms with Crippen LogP contribution >= 0.6 is 0 Å². The van der Waals surface area contributed by atoms with Crippen molar-refractivity contribution in [1.29, 1.82) is 0 Å². The first-order chi connectivity index (χ1) is 6.74. The molecule has 1 aliphatic rings.